The van der Waals surface area contributed by atoms with Crippen LogP contribution in [0.3, 0.4) is 0 Å². The molecule has 1 rings (SSSR count). The highest BCUT2D eigenvalue weighted by atomic mass is 32.2. The van der Waals surface area contributed by atoms with Crippen molar-refractivity contribution < 1.29 is 9.00 Å². The van der Waals surface area contributed by atoms with E-state index in [9.17, 15) is 9.00 Å². The summed E-state index contributed by atoms with van der Waals surface area (Å²) in [7, 11) is -2.45. The second-order valence-corrected chi connectivity index (χ2v) is 8.01. The van der Waals surface area contributed by atoms with Gasteiger partial charge in [-0.15, -0.1) is 0 Å². The van der Waals surface area contributed by atoms with E-state index in [1.54, 1.807) is 6.26 Å². The van der Waals surface area contributed by atoms with Crippen LogP contribution in [0.2, 0.25) is 0 Å². The number of hydrogen-bond donors (Lipinski definition) is 1. The monoisotopic (exact) mass is 232 g/mol. The number of nitrogens with one attached hydrogen (secondary N) is 1. The Hall–Kier alpha value is -0.420. The molecule has 1 heterocycles. The van der Waals surface area contributed by atoms with Crippen molar-refractivity contribution in [2.75, 3.05) is 12.8 Å². The zero-order chi connectivity index (χ0) is 11.7. The molecule has 88 valence electrons. The number of nitrogens with zero attached hydrogens (tertiary/aromatic N) is 1. The minimum absolute atomic E-state index is 0.215. The second kappa shape index (κ2) is 4.22. The normalized spacial score (nSPS) is 26.0. The van der Waals surface area contributed by atoms with Gasteiger partial charge in [0.25, 0.3) is 5.91 Å². The molecule has 4 nitrogen and oxygen atoms in total. The van der Waals surface area contributed by atoms with Gasteiger partial charge in [-0.2, -0.15) is 4.36 Å². The number of carbonyl (C=O) groups is 1. The van der Waals surface area contributed by atoms with Gasteiger partial charge in [0, 0.05) is 11.0 Å². The third-order valence-electron chi connectivity index (χ3n) is 2.76. The van der Waals surface area contributed by atoms with Crippen molar-refractivity contribution in [1.82, 2.24) is 5.32 Å². The van der Waals surface area contributed by atoms with Crippen LogP contribution in [0.25, 0.3) is 0 Å². The Balaban J connectivity index is 2.87. The molecule has 1 N–H and O–H groups in total. The Morgan fingerprint density at radius 1 is 1.47 bits per heavy atom. The van der Waals surface area contributed by atoms with Crippen molar-refractivity contribution in [2.24, 2.45) is 4.36 Å². The molecule has 0 spiro atoms. The van der Waals surface area contributed by atoms with E-state index in [2.05, 4.69) is 9.68 Å². The smallest absolute Gasteiger partial charge is 0.270 e. The average Bonchev–Trinajstić information content (AvgIpc) is 2.51. The lowest BCUT2D eigenvalue weighted by Crippen LogP contribution is -2.33. The first kappa shape index (κ1) is 12.6. The summed E-state index contributed by atoms with van der Waals surface area (Å²) in [5.74, 6) is -0.255. The molecule has 15 heavy (non-hydrogen) atoms. The number of hydrogen-bond acceptors (Lipinski definition) is 3. The molecule has 0 aromatic rings. The molecular formula is C10H20N2O2S. The Bertz CT molecular complexity index is 356. The maximum absolute atomic E-state index is 12.2. The summed E-state index contributed by atoms with van der Waals surface area (Å²) in [4.78, 5) is 11.7. The van der Waals surface area contributed by atoms with Crippen LogP contribution in [-0.2, 0) is 14.5 Å². The molecule has 0 aromatic heterocycles. The van der Waals surface area contributed by atoms with Gasteiger partial charge in [0.2, 0.25) is 0 Å². The molecule has 0 radical (unpaired) electrons. The molecular weight excluding hydrogens is 212 g/mol. The molecule has 1 saturated heterocycles. The van der Waals surface area contributed by atoms with Crippen LogP contribution >= 0.6 is 0 Å². The van der Waals surface area contributed by atoms with Crippen LogP contribution < -0.4 is 5.32 Å². The molecule has 0 bridgehead atoms. The first-order chi connectivity index (χ1) is 6.74. The number of rotatable bonds is 1. The van der Waals surface area contributed by atoms with Gasteiger partial charge in [0.1, 0.15) is 0 Å². The lowest BCUT2D eigenvalue weighted by Gasteiger charge is -2.20. The van der Waals surface area contributed by atoms with Crippen molar-refractivity contribution in [3.05, 3.63) is 0 Å². The van der Waals surface area contributed by atoms with E-state index in [0.29, 0.717) is 0 Å². The fourth-order valence-corrected chi connectivity index (χ4v) is 2.01. The molecule has 5 heteroatoms. The van der Waals surface area contributed by atoms with E-state index >= 15 is 0 Å². The Kier molecular flexibility index (Phi) is 3.55. The van der Waals surface area contributed by atoms with E-state index in [0.717, 1.165) is 19.4 Å². The van der Waals surface area contributed by atoms with Gasteiger partial charge in [-0.25, -0.2) is 4.21 Å². The first-order valence-corrected chi connectivity index (χ1v) is 7.15. The predicted molar refractivity (Wildman–Crippen MR) is 62.3 cm³/mol. The van der Waals surface area contributed by atoms with Gasteiger partial charge < -0.3 is 5.32 Å². The van der Waals surface area contributed by atoms with Gasteiger partial charge in [0.05, 0.1) is 15.8 Å². The third kappa shape index (κ3) is 3.01. The minimum Gasteiger partial charge on any atom is -0.306 e. The van der Waals surface area contributed by atoms with Crippen LogP contribution in [0.4, 0.5) is 0 Å². The van der Waals surface area contributed by atoms with Crippen molar-refractivity contribution in [3.63, 3.8) is 0 Å². The Labute approximate surface area is 92.0 Å². The van der Waals surface area contributed by atoms with E-state index in [1.807, 2.05) is 20.8 Å². The van der Waals surface area contributed by atoms with Crippen LogP contribution in [-0.4, -0.2) is 33.7 Å². The summed E-state index contributed by atoms with van der Waals surface area (Å²) in [6.07, 6.45) is 3.36. The van der Waals surface area contributed by atoms with E-state index in [1.165, 1.54) is 0 Å². The standard InChI is InChI=1S/C10H20N2O2S/c1-10(2,3)15(4,14)12-9(13)8-6-5-7-11-8/h8,11H,5-7H2,1-4H3. The van der Waals surface area contributed by atoms with Crippen LogP contribution in [0.15, 0.2) is 4.36 Å². The molecule has 2 unspecified atom stereocenters. The zero-order valence-electron chi connectivity index (χ0n) is 9.87. The lowest BCUT2D eigenvalue weighted by atomic mass is 10.2. The molecule has 2 atom stereocenters. The highest BCUT2D eigenvalue weighted by molar-refractivity contribution is 7.94. The largest absolute Gasteiger partial charge is 0.306 e. The van der Waals surface area contributed by atoms with E-state index < -0.39 is 14.5 Å². The highest BCUT2D eigenvalue weighted by Crippen LogP contribution is 2.17. The van der Waals surface area contributed by atoms with Gasteiger partial charge in [0.15, 0.2) is 0 Å². The van der Waals surface area contributed by atoms with Crippen LogP contribution in [0, 0.1) is 0 Å². The summed E-state index contributed by atoms with van der Waals surface area (Å²) < 4.78 is 15.6. The molecule has 1 fully saturated rings. The third-order valence-corrected chi connectivity index (χ3v) is 5.56. The highest BCUT2D eigenvalue weighted by Gasteiger charge is 2.27. The van der Waals surface area contributed by atoms with Crippen molar-refractivity contribution in [2.45, 2.75) is 44.4 Å². The summed E-state index contributed by atoms with van der Waals surface area (Å²) >= 11 is 0. The number of amides is 1. The molecule has 1 amide bonds. The Morgan fingerprint density at radius 2 is 2.07 bits per heavy atom. The van der Waals surface area contributed by atoms with Gasteiger partial charge in [-0.3, -0.25) is 4.79 Å². The summed E-state index contributed by atoms with van der Waals surface area (Å²) in [5.41, 5.74) is 0. The maximum atomic E-state index is 12.2. The predicted octanol–water partition coefficient (Wildman–Crippen LogP) is 1.16. The van der Waals surface area contributed by atoms with Crippen LogP contribution in [0.5, 0.6) is 0 Å². The quantitative estimate of drug-likeness (QED) is 0.738. The van der Waals surface area contributed by atoms with Crippen LogP contribution in [0.1, 0.15) is 33.6 Å². The maximum Gasteiger partial charge on any atom is 0.270 e. The zero-order valence-corrected chi connectivity index (χ0v) is 10.7. The van der Waals surface area contributed by atoms with Gasteiger partial charge in [-0.1, -0.05) is 0 Å². The molecule has 1 aliphatic heterocycles. The lowest BCUT2D eigenvalue weighted by molar-refractivity contribution is -0.119. The Morgan fingerprint density at radius 3 is 2.47 bits per heavy atom. The average molecular weight is 232 g/mol. The minimum atomic E-state index is -2.45. The van der Waals surface area contributed by atoms with E-state index in [4.69, 9.17) is 0 Å². The van der Waals surface area contributed by atoms with Gasteiger partial charge in [-0.05, 0) is 40.2 Å². The molecule has 0 saturated carbocycles. The van der Waals surface area contributed by atoms with Crippen molar-refractivity contribution >= 4 is 15.6 Å². The second-order valence-electron chi connectivity index (χ2n) is 4.99. The van der Waals surface area contributed by atoms with E-state index in [-0.39, 0.29) is 11.9 Å². The molecule has 0 aliphatic carbocycles. The molecule has 1 aliphatic rings. The molecule has 0 aromatic carbocycles. The summed E-state index contributed by atoms with van der Waals surface area (Å²) in [6.45, 7) is 6.38. The SMILES string of the molecule is CC(C)(C)S(C)(=O)=NC(=O)C1CCCN1. The topological polar surface area (TPSA) is 58.5 Å². The van der Waals surface area contributed by atoms with Crippen molar-refractivity contribution in [1.29, 1.82) is 0 Å². The van der Waals surface area contributed by atoms with Gasteiger partial charge >= 0.3 is 0 Å². The summed E-state index contributed by atoms with van der Waals surface area (Å²) in [5, 5.41) is 3.06. The summed E-state index contributed by atoms with van der Waals surface area (Å²) in [6, 6.07) is -0.215. The fraction of sp³-hybridized carbons (Fsp3) is 0.900. The first-order valence-electron chi connectivity index (χ1n) is 5.23. The van der Waals surface area contributed by atoms with Crippen molar-refractivity contribution in [3.8, 4) is 0 Å². The number of carbonyl (C=O) groups excluding carboxylic acids is 1. The fourth-order valence-electron chi connectivity index (χ4n) is 1.27.